The Balaban J connectivity index is 3.09. The van der Waals surface area contributed by atoms with E-state index in [9.17, 15) is 21.6 Å². The number of benzene rings is 1. The fourth-order valence-corrected chi connectivity index (χ4v) is 3.25. The summed E-state index contributed by atoms with van der Waals surface area (Å²) in [5.41, 5.74) is -1.27. The number of halogens is 4. The minimum absolute atomic E-state index is 0.0309. The maximum atomic E-state index is 12.9. The van der Waals surface area contributed by atoms with Crippen LogP contribution >= 0.6 is 11.6 Å². The molecule has 1 rings (SSSR count). The highest BCUT2D eigenvalue weighted by Gasteiger charge is 2.37. The molecule has 0 fully saturated rings. The van der Waals surface area contributed by atoms with Crippen molar-refractivity contribution in [3.05, 3.63) is 28.8 Å². The van der Waals surface area contributed by atoms with Crippen molar-refractivity contribution < 1.29 is 21.6 Å². The normalized spacial score (nSPS) is 14.2. The smallest absolute Gasteiger partial charge is 0.319 e. The Kier molecular flexibility index (Phi) is 6.03. The van der Waals surface area contributed by atoms with Crippen LogP contribution in [0.1, 0.15) is 12.5 Å². The first-order valence-electron chi connectivity index (χ1n) is 6.09. The lowest BCUT2D eigenvalue weighted by Gasteiger charge is -2.16. The van der Waals surface area contributed by atoms with Gasteiger partial charge in [0.25, 0.3) is 0 Å². The standard InChI is InChI=1S/C12H16ClF3N2O2S/c1-8(6-17-2)7-18-21(19,20)11-4-3-9(13)5-10(11)12(14,15)16/h3-5,8,17-18H,6-7H2,1-2H3. The Morgan fingerprint density at radius 3 is 2.43 bits per heavy atom. The molecule has 0 heterocycles. The molecule has 1 aromatic carbocycles. The molecule has 0 aliphatic carbocycles. The third kappa shape index (κ3) is 5.14. The van der Waals surface area contributed by atoms with Crippen LogP contribution in [-0.4, -0.2) is 28.6 Å². The van der Waals surface area contributed by atoms with E-state index in [1.165, 1.54) is 0 Å². The van der Waals surface area contributed by atoms with Gasteiger partial charge in [-0.3, -0.25) is 0 Å². The highest BCUT2D eigenvalue weighted by molar-refractivity contribution is 7.89. The molecule has 0 bridgehead atoms. The van der Waals surface area contributed by atoms with Crippen molar-refractivity contribution in [3.8, 4) is 0 Å². The summed E-state index contributed by atoms with van der Waals surface area (Å²) in [7, 11) is -2.56. The van der Waals surface area contributed by atoms with Crippen molar-refractivity contribution in [2.45, 2.75) is 18.0 Å². The molecule has 0 radical (unpaired) electrons. The van der Waals surface area contributed by atoms with Crippen LogP contribution in [0.5, 0.6) is 0 Å². The molecule has 9 heteroatoms. The van der Waals surface area contributed by atoms with Crippen molar-refractivity contribution in [3.63, 3.8) is 0 Å². The van der Waals surface area contributed by atoms with E-state index in [1.54, 1.807) is 14.0 Å². The van der Waals surface area contributed by atoms with Gasteiger partial charge in [0.1, 0.15) is 0 Å². The van der Waals surface area contributed by atoms with Crippen LogP contribution in [0.4, 0.5) is 13.2 Å². The molecule has 0 aliphatic rings. The van der Waals surface area contributed by atoms with Crippen LogP contribution in [0.3, 0.4) is 0 Å². The Morgan fingerprint density at radius 1 is 1.29 bits per heavy atom. The first-order valence-corrected chi connectivity index (χ1v) is 7.95. The van der Waals surface area contributed by atoms with Crippen LogP contribution < -0.4 is 10.0 Å². The van der Waals surface area contributed by atoms with E-state index >= 15 is 0 Å². The van der Waals surface area contributed by atoms with E-state index in [0.717, 1.165) is 12.1 Å². The number of hydrogen-bond acceptors (Lipinski definition) is 3. The molecule has 0 spiro atoms. The molecular weight excluding hydrogens is 329 g/mol. The molecule has 0 saturated carbocycles. The maximum absolute atomic E-state index is 12.9. The molecule has 4 nitrogen and oxygen atoms in total. The molecule has 2 N–H and O–H groups in total. The third-order valence-electron chi connectivity index (χ3n) is 2.71. The second-order valence-electron chi connectivity index (χ2n) is 4.65. The Bertz CT molecular complexity index is 591. The summed E-state index contributed by atoms with van der Waals surface area (Å²) in [6.07, 6.45) is -4.80. The van der Waals surface area contributed by atoms with Gasteiger partial charge in [-0.15, -0.1) is 0 Å². The number of alkyl halides is 3. The monoisotopic (exact) mass is 344 g/mol. The zero-order chi connectivity index (χ0) is 16.3. The molecule has 1 unspecified atom stereocenters. The molecule has 120 valence electrons. The van der Waals surface area contributed by atoms with Gasteiger partial charge in [0.15, 0.2) is 0 Å². The minimum atomic E-state index is -4.80. The van der Waals surface area contributed by atoms with Gasteiger partial charge in [0, 0.05) is 11.6 Å². The van der Waals surface area contributed by atoms with Gasteiger partial charge in [-0.25, -0.2) is 13.1 Å². The lowest BCUT2D eigenvalue weighted by molar-refractivity contribution is -0.139. The van der Waals surface area contributed by atoms with Gasteiger partial charge in [0.2, 0.25) is 10.0 Å². The highest BCUT2D eigenvalue weighted by Crippen LogP contribution is 2.35. The molecular formula is C12H16ClF3N2O2S. The average molecular weight is 345 g/mol. The fraction of sp³-hybridized carbons (Fsp3) is 0.500. The van der Waals surface area contributed by atoms with Crippen molar-refractivity contribution >= 4 is 21.6 Å². The van der Waals surface area contributed by atoms with Crippen LogP contribution in [0.2, 0.25) is 5.02 Å². The van der Waals surface area contributed by atoms with E-state index in [0.29, 0.717) is 12.6 Å². The summed E-state index contributed by atoms with van der Waals surface area (Å²) in [6.45, 7) is 2.34. The quantitative estimate of drug-likeness (QED) is 0.833. The number of sulfonamides is 1. The topological polar surface area (TPSA) is 58.2 Å². The number of nitrogens with one attached hydrogen (secondary N) is 2. The SMILES string of the molecule is CNCC(C)CNS(=O)(=O)c1ccc(Cl)cc1C(F)(F)F. The molecule has 0 aromatic heterocycles. The first kappa shape index (κ1) is 18.2. The molecule has 1 atom stereocenters. The zero-order valence-corrected chi connectivity index (χ0v) is 13.0. The fourth-order valence-electron chi connectivity index (χ4n) is 1.71. The summed E-state index contributed by atoms with van der Waals surface area (Å²) in [5, 5.41) is 2.68. The van der Waals surface area contributed by atoms with Gasteiger partial charge in [0.05, 0.1) is 10.5 Å². The third-order valence-corrected chi connectivity index (χ3v) is 4.43. The van der Waals surface area contributed by atoms with E-state index in [1.807, 2.05) is 0 Å². The molecule has 0 saturated heterocycles. The predicted octanol–water partition coefficient (Wildman–Crippen LogP) is 2.49. The summed E-state index contributed by atoms with van der Waals surface area (Å²) in [5.74, 6) is -0.0635. The largest absolute Gasteiger partial charge is 0.417 e. The second kappa shape index (κ2) is 6.95. The van der Waals surface area contributed by atoms with Crippen molar-refractivity contribution in [1.82, 2.24) is 10.0 Å². The van der Waals surface area contributed by atoms with Crippen LogP contribution in [0.15, 0.2) is 23.1 Å². The van der Waals surface area contributed by atoms with Crippen molar-refractivity contribution in [2.24, 2.45) is 5.92 Å². The predicted molar refractivity (Wildman–Crippen MR) is 74.7 cm³/mol. The Labute approximate surface area is 126 Å². The average Bonchev–Trinajstić information content (AvgIpc) is 2.35. The van der Waals surface area contributed by atoms with Gasteiger partial charge in [-0.2, -0.15) is 13.2 Å². The molecule has 1 aromatic rings. The van der Waals surface area contributed by atoms with Crippen LogP contribution in [-0.2, 0) is 16.2 Å². The van der Waals surface area contributed by atoms with E-state index in [4.69, 9.17) is 11.6 Å². The van der Waals surface area contributed by atoms with Crippen LogP contribution in [0, 0.1) is 5.92 Å². The number of rotatable bonds is 6. The second-order valence-corrected chi connectivity index (χ2v) is 6.82. The van der Waals surface area contributed by atoms with Crippen molar-refractivity contribution in [1.29, 1.82) is 0 Å². The molecule has 0 aliphatic heterocycles. The van der Waals surface area contributed by atoms with Gasteiger partial charge in [-0.1, -0.05) is 18.5 Å². The lowest BCUT2D eigenvalue weighted by Crippen LogP contribution is -2.33. The summed E-state index contributed by atoms with van der Waals surface area (Å²) < 4.78 is 65.0. The van der Waals surface area contributed by atoms with Gasteiger partial charge < -0.3 is 5.32 Å². The summed E-state index contributed by atoms with van der Waals surface area (Å²) in [6, 6.07) is 2.58. The van der Waals surface area contributed by atoms with E-state index < -0.39 is 26.7 Å². The minimum Gasteiger partial charge on any atom is -0.319 e. The van der Waals surface area contributed by atoms with Crippen molar-refractivity contribution in [2.75, 3.05) is 20.1 Å². The first-order chi connectivity index (χ1) is 9.58. The van der Waals surface area contributed by atoms with E-state index in [-0.39, 0.29) is 17.5 Å². The molecule has 0 amide bonds. The van der Waals surface area contributed by atoms with Gasteiger partial charge in [-0.05, 0) is 37.7 Å². The lowest BCUT2D eigenvalue weighted by atomic mass is 10.2. The highest BCUT2D eigenvalue weighted by atomic mass is 35.5. The van der Waals surface area contributed by atoms with Crippen LogP contribution in [0.25, 0.3) is 0 Å². The Hall–Kier alpha value is -0.830. The van der Waals surface area contributed by atoms with E-state index in [2.05, 4.69) is 10.0 Å². The zero-order valence-electron chi connectivity index (χ0n) is 11.5. The molecule has 21 heavy (non-hydrogen) atoms. The van der Waals surface area contributed by atoms with Gasteiger partial charge >= 0.3 is 6.18 Å². The maximum Gasteiger partial charge on any atom is 0.417 e. The Morgan fingerprint density at radius 2 is 1.90 bits per heavy atom. The summed E-state index contributed by atoms with van der Waals surface area (Å²) >= 11 is 5.52. The number of hydrogen-bond donors (Lipinski definition) is 2. The summed E-state index contributed by atoms with van der Waals surface area (Å²) in [4.78, 5) is -0.823.